The van der Waals surface area contributed by atoms with E-state index in [2.05, 4.69) is 0 Å². The second kappa shape index (κ2) is 10.4. The number of alkyl halides is 1. The van der Waals surface area contributed by atoms with Crippen LogP contribution in [0.3, 0.4) is 0 Å². The largest absolute Gasteiger partial charge is 0.465 e. The lowest BCUT2D eigenvalue weighted by molar-refractivity contribution is -0.152. The highest BCUT2D eigenvalue weighted by Crippen LogP contribution is 2.18. The quantitative estimate of drug-likeness (QED) is 0.251. The third-order valence-corrected chi connectivity index (χ3v) is 5.09. The van der Waals surface area contributed by atoms with Crippen LogP contribution in [0.15, 0.2) is 29.2 Å². The fourth-order valence-electron chi connectivity index (χ4n) is 2.29. The summed E-state index contributed by atoms with van der Waals surface area (Å²) in [5, 5.41) is 0. The predicted octanol–water partition coefficient (Wildman–Crippen LogP) is 2.98. The minimum absolute atomic E-state index is 0.0212. The van der Waals surface area contributed by atoms with Gasteiger partial charge in [0.1, 0.15) is 17.9 Å². The maximum Gasteiger partial charge on any atom is 0.316 e. The summed E-state index contributed by atoms with van der Waals surface area (Å²) in [7, 11) is -3.88. The zero-order chi connectivity index (χ0) is 19.7. The highest BCUT2D eigenvalue weighted by Gasteiger charge is 2.28. The molecular weight excluding hydrogens is 363 g/mol. The summed E-state index contributed by atoms with van der Waals surface area (Å²) in [6.07, 6.45) is -1.59. The van der Waals surface area contributed by atoms with Gasteiger partial charge >= 0.3 is 5.97 Å². The minimum Gasteiger partial charge on any atom is -0.465 e. The summed E-state index contributed by atoms with van der Waals surface area (Å²) in [5.41, 5.74) is 0.922. The average molecular weight is 388 g/mol. The van der Waals surface area contributed by atoms with Crippen LogP contribution in [0.2, 0.25) is 0 Å². The van der Waals surface area contributed by atoms with Crippen LogP contribution in [0.4, 0.5) is 4.39 Å². The van der Waals surface area contributed by atoms with E-state index in [1.165, 1.54) is 19.1 Å². The molecule has 0 saturated heterocycles. The van der Waals surface area contributed by atoms with Crippen molar-refractivity contribution in [2.75, 3.05) is 13.2 Å². The summed E-state index contributed by atoms with van der Waals surface area (Å²) in [5.74, 6) is -2.33. The summed E-state index contributed by atoms with van der Waals surface area (Å²) in [6.45, 7) is 4.59. The molecule has 1 rings (SSSR count). The molecular formula is C18H25FO6S. The fraction of sp³-hybridized carbons (Fsp3) is 0.556. The Balaban J connectivity index is 2.45. The second-order valence-corrected chi connectivity index (χ2v) is 7.60. The van der Waals surface area contributed by atoms with Gasteiger partial charge in [-0.3, -0.25) is 13.8 Å². The Bertz CT molecular complexity index is 699. The number of hydrogen-bond acceptors (Lipinski definition) is 6. The maximum atomic E-state index is 14.0. The average Bonchev–Trinajstić information content (AvgIpc) is 2.57. The van der Waals surface area contributed by atoms with Crippen molar-refractivity contribution in [2.24, 2.45) is 5.92 Å². The number of ketones is 1. The first-order valence-electron chi connectivity index (χ1n) is 8.44. The molecule has 0 saturated carbocycles. The van der Waals surface area contributed by atoms with Crippen LogP contribution < -0.4 is 0 Å². The first-order valence-corrected chi connectivity index (χ1v) is 9.85. The molecule has 0 aromatic heterocycles. The lowest BCUT2D eigenvalue weighted by atomic mass is 9.96. The van der Waals surface area contributed by atoms with Gasteiger partial charge in [0.15, 0.2) is 0 Å². The molecule has 0 aliphatic carbocycles. The van der Waals surface area contributed by atoms with E-state index in [1.807, 2.05) is 6.92 Å². The number of benzene rings is 1. The van der Waals surface area contributed by atoms with Crippen LogP contribution in [0.25, 0.3) is 0 Å². The third kappa shape index (κ3) is 7.21. The molecule has 6 nitrogen and oxygen atoms in total. The van der Waals surface area contributed by atoms with Gasteiger partial charge in [0, 0.05) is 0 Å². The van der Waals surface area contributed by atoms with Crippen molar-refractivity contribution < 1.29 is 31.3 Å². The van der Waals surface area contributed by atoms with Crippen LogP contribution in [0, 0.1) is 12.8 Å². The molecule has 2 atom stereocenters. The van der Waals surface area contributed by atoms with Crippen molar-refractivity contribution in [3.05, 3.63) is 29.8 Å². The maximum absolute atomic E-state index is 14.0. The van der Waals surface area contributed by atoms with Gasteiger partial charge in [-0.05, 0) is 52.2 Å². The molecule has 0 aliphatic rings. The standard InChI is InChI=1S/C18H25FO6S/c1-4-24-18(21)17(14(3)20)12-15(19)6-5-11-25-26(22,23)16-9-7-13(2)8-10-16/h7-10,15,17H,4-6,11-12H2,1-3H3. The lowest BCUT2D eigenvalue weighted by Crippen LogP contribution is -2.27. The van der Waals surface area contributed by atoms with Crippen LogP contribution in [-0.4, -0.2) is 39.6 Å². The number of carbonyl (C=O) groups is 2. The van der Waals surface area contributed by atoms with Gasteiger partial charge in [-0.2, -0.15) is 8.42 Å². The Morgan fingerprint density at radius 1 is 1.19 bits per heavy atom. The van der Waals surface area contributed by atoms with Crippen LogP contribution >= 0.6 is 0 Å². The van der Waals surface area contributed by atoms with E-state index in [-0.39, 0.29) is 37.4 Å². The van der Waals surface area contributed by atoms with Crippen LogP contribution in [0.1, 0.15) is 38.7 Å². The predicted molar refractivity (Wildman–Crippen MR) is 93.9 cm³/mol. The highest BCUT2D eigenvalue weighted by atomic mass is 32.2. The van der Waals surface area contributed by atoms with E-state index >= 15 is 0 Å². The van der Waals surface area contributed by atoms with Crippen molar-refractivity contribution in [3.8, 4) is 0 Å². The number of carbonyl (C=O) groups excluding carboxylic acids is 2. The molecule has 2 unspecified atom stereocenters. The number of aryl methyl sites for hydroxylation is 1. The smallest absolute Gasteiger partial charge is 0.316 e. The van der Waals surface area contributed by atoms with Crippen molar-refractivity contribution in [3.63, 3.8) is 0 Å². The molecule has 0 bridgehead atoms. The van der Waals surface area contributed by atoms with Crippen molar-refractivity contribution in [1.29, 1.82) is 0 Å². The molecule has 146 valence electrons. The number of halogens is 1. The van der Waals surface area contributed by atoms with E-state index in [9.17, 15) is 22.4 Å². The van der Waals surface area contributed by atoms with Gasteiger partial charge in [0.05, 0.1) is 18.1 Å². The SMILES string of the molecule is CCOC(=O)C(CC(F)CCCOS(=O)(=O)c1ccc(C)cc1)C(C)=O. The van der Waals surface area contributed by atoms with E-state index in [0.29, 0.717) is 0 Å². The molecule has 0 radical (unpaired) electrons. The van der Waals surface area contributed by atoms with Crippen molar-refractivity contribution in [2.45, 2.75) is 51.1 Å². The monoisotopic (exact) mass is 388 g/mol. The molecule has 0 amide bonds. The number of esters is 1. The second-order valence-electron chi connectivity index (χ2n) is 5.98. The van der Waals surface area contributed by atoms with Crippen molar-refractivity contribution >= 4 is 21.9 Å². The summed E-state index contributed by atoms with van der Waals surface area (Å²) in [6, 6.07) is 6.20. The number of Topliss-reactive ketones (excluding diaryl/α,β-unsaturated/α-hetero) is 1. The van der Waals surface area contributed by atoms with Gasteiger partial charge in [-0.1, -0.05) is 17.7 Å². The van der Waals surface area contributed by atoms with Gasteiger partial charge in [0.25, 0.3) is 10.1 Å². The van der Waals surface area contributed by atoms with Crippen molar-refractivity contribution in [1.82, 2.24) is 0 Å². The number of rotatable bonds is 11. The van der Waals surface area contributed by atoms with Crippen LogP contribution in [0.5, 0.6) is 0 Å². The Hall–Kier alpha value is -1.80. The molecule has 1 aromatic carbocycles. The fourth-order valence-corrected chi connectivity index (χ4v) is 3.23. The zero-order valence-corrected chi connectivity index (χ0v) is 16.1. The molecule has 0 aliphatic heterocycles. The van der Waals surface area contributed by atoms with Crippen LogP contribution in [-0.2, 0) is 28.6 Å². The topological polar surface area (TPSA) is 86.7 Å². The Labute approximate surface area is 153 Å². The third-order valence-electron chi connectivity index (χ3n) is 3.76. The van der Waals surface area contributed by atoms with E-state index in [1.54, 1.807) is 19.1 Å². The molecule has 0 N–H and O–H groups in total. The number of hydrogen-bond donors (Lipinski definition) is 0. The summed E-state index contributed by atoms with van der Waals surface area (Å²) < 4.78 is 47.7. The Kier molecular flexibility index (Phi) is 8.87. The van der Waals surface area contributed by atoms with E-state index < -0.39 is 34.0 Å². The molecule has 8 heteroatoms. The Morgan fingerprint density at radius 2 is 1.81 bits per heavy atom. The molecule has 0 fully saturated rings. The van der Waals surface area contributed by atoms with E-state index in [0.717, 1.165) is 5.56 Å². The molecule has 0 heterocycles. The normalized spacial score (nSPS) is 13.8. The lowest BCUT2D eigenvalue weighted by Gasteiger charge is -2.15. The minimum atomic E-state index is -3.88. The first-order chi connectivity index (χ1) is 12.2. The molecule has 0 spiro atoms. The van der Waals surface area contributed by atoms with Gasteiger partial charge in [-0.15, -0.1) is 0 Å². The zero-order valence-electron chi connectivity index (χ0n) is 15.2. The first kappa shape index (κ1) is 22.2. The molecule has 26 heavy (non-hydrogen) atoms. The number of ether oxygens (including phenoxy) is 1. The van der Waals surface area contributed by atoms with Gasteiger partial charge in [0.2, 0.25) is 0 Å². The molecule has 1 aromatic rings. The summed E-state index contributed by atoms with van der Waals surface area (Å²) in [4.78, 5) is 23.2. The van der Waals surface area contributed by atoms with Gasteiger partial charge < -0.3 is 4.74 Å². The highest BCUT2D eigenvalue weighted by molar-refractivity contribution is 7.86. The summed E-state index contributed by atoms with van der Waals surface area (Å²) >= 11 is 0. The Morgan fingerprint density at radius 3 is 2.35 bits per heavy atom. The van der Waals surface area contributed by atoms with E-state index in [4.69, 9.17) is 8.92 Å². The van der Waals surface area contributed by atoms with Gasteiger partial charge in [-0.25, -0.2) is 4.39 Å².